The minimum absolute atomic E-state index is 0.0135. The number of aliphatic hydroxyl groups is 1. The molecule has 148 valence electrons. The summed E-state index contributed by atoms with van der Waals surface area (Å²) in [6.07, 6.45) is -3.77. The zero-order valence-corrected chi connectivity index (χ0v) is 15.0. The van der Waals surface area contributed by atoms with Crippen molar-refractivity contribution in [1.29, 1.82) is 0 Å². The number of aliphatic hydroxyl groups excluding tert-OH is 1. The van der Waals surface area contributed by atoms with Gasteiger partial charge >= 0.3 is 6.18 Å². The van der Waals surface area contributed by atoms with Gasteiger partial charge in [0.1, 0.15) is 11.6 Å². The molecule has 28 heavy (non-hydrogen) atoms. The SMILES string of the molecule is Cc1cc(-n2nc(Nc3ccc(F)c(C(F)(F)F)c3)nc2CC(C)O)ccn1. The van der Waals surface area contributed by atoms with Gasteiger partial charge in [-0.05, 0) is 44.2 Å². The predicted octanol–water partition coefficient (Wildman–Crippen LogP) is 3.80. The monoisotopic (exact) mass is 395 g/mol. The molecule has 1 aromatic carbocycles. The maximum atomic E-state index is 13.5. The molecule has 2 aromatic heterocycles. The largest absolute Gasteiger partial charge is 0.419 e. The highest BCUT2D eigenvalue weighted by Gasteiger charge is 2.34. The zero-order valence-electron chi connectivity index (χ0n) is 15.0. The number of pyridine rings is 1. The van der Waals surface area contributed by atoms with Crippen LogP contribution in [0.3, 0.4) is 0 Å². The predicted molar refractivity (Wildman–Crippen MR) is 94.0 cm³/mol. The molecule has 0 saturated carbocycles. The highest BCUT2D eigenvalue weighted by Crippen LogP contribution is 2.33. The number of benzene rings is 1. The summed E-state index contributed by atoms with van der Waals surface area (Å²) in [5, 5.41) is 16.6. The van der Waals surface area contributed by atoms with Gasteiger partial charge in [-0.3, -0.25) is 4.98 Å². The highest BCUT2D eigenvalue weighted by molar-refractivity contribution is 5.55. The van der Waals surface area contributed by atoms with Crippen LogP contribution in [0.5, 0.6) is 0 Å². The van der Waals surface area contributed by atoms with Crippen molar-refractivity contribution in [2.45, 2.75) is 32.5 Å². The molecule has 2 N–H and O–H groups in total. The summed E-state index contributed by atoms with van der Waals surface area (Å²) in [4.78, 5) is 8.35. The van der Waals surface area contributed by atoms with Crippen molar-refractivity contribution in [3.63, 3.8) is 0 Å². The van der Waals surface area contributed by atoms with Crippen LogP contribution < -0.4 is 5.32 Å². The Morgan fingerprint density at radius 1 is 1.21 bits per heavy atom. The van der Waals surface area contributed by atoms with E-state index >= 15 is 0 Å². The van der Waals surface area contributed by atoms with Crippen LogP contribution in [0.15, 0.2) is 36.5 Å². The molecule has 1 atom stereocenters. The third-order valence-electron chi connectivity index (χ3n) is 3.80. The number of halogens is 4. The summed E-state index contributed by atoms with van der Waals surface area (Å²) < 4.78 is 53.6. The van der Waals surface area contributed by atoms with Gasteiger partial charge in [0, 0.05) is 24.0 Å². The molecular formula is C18H17F4N5O. The Balaban J connectivity index is 1.97. The van der Waals surface area contributed by atoms with Crippen molar-refractivity contribution in [3.05, 3.63) is 59.4 Å². The van der Waals surface area contributed by atoms with Crippen LogP contribution in [0.4, 0.5) is 29.2 Å². The zero-order chi connectivity index (χ0) is 20.5. The van der Waals surface area contributed by atoms with E-state index in [1.54, 1.807) is 32.2 Å². The highest BCUT2D eigenvalue weighted by atomic mass is 19.4. The Morgan fingerprint density at radius 3 is 2.61 bits per heavy atom. The van der Waals surface area contributed by atoms with Crippen LogP contribution in [0.1, 0.15) is 24.0 Å². The first-order valence-electron chi connectivity index (χ1n) is 8.34. The van der Waals surface area contributed by atoms with E-state index in [1.165, 1.54) is 4.68 Å². The maximum Gasteiger partial charge on any atom is 0.419 e. The number of rotatable bonds is 5. The van der Waals surface area contributed by atoms with E-state index < -0.39 is 23.7 Å². The number of alkyl halides is 3. The first kappa shape index (κ1) is 19.7. The fraction of sp³-hybridized carbons (Fsp3) is 0.278. The Bertz CT molecular complexity index is 984. The molecule has 0 bridgehead atoms. The number of nitrogens with one attached hydrogen (secondary N) is 1. The molecular weight excluding hydrogens is 378 g/mol. The molecule has 3 rings (SSSR count). The normalized spacial score (nSPS) is 12.8. The second-order valence-corrected chi connectivity index (χ2v) is 6.29. The smallest absolute Gasteiger partial charge is 0.393 e. The van der Waals surface area contributed by atoms with Gasteiger partial charge in [0.2, 0.25) is 5.95 Å². The Hall–Kier alpha value is -3.01. The second kappa shape index (κ2) is 7.55. The number of aryl methyl sites for hydroxylation is 1. The third-order valence-corrected chi connectivity index (χ3v) is 3.80. The van der Waals surface area contributed by atoms with Crippen molar-refractivity contribution in [2.75, 3.05) is 5.32 Å². The lowest BCUT2D eigenvalue weighted by molar-refractivity contribution is -0.139. The molecule has 0 radical (unpaired) electrons. The Morgan fingerprint density at radius 2 is 1.96 bits per heavy atom. The van der Waals surface area contributed by atoms with Crippen LogP contribution in [-0.2, 0) is 12.6 Å². The van der Waals surface area contributed by atoms with Gasteiger partial charge in [0.25, 0.3) is 0 Å². The van der Waals surface area contributed by atoms with Crippen molar-refractivity contribution < 1.29 is 22.7 Å². The Kier molecular flexibility index (Phi) is 5.32. The van der Waals surface area contributed by atoms with Gasteiger partial charge in [-0.25, -0.2) is 9.07 Å². The van der Waals surface area contributed by atoms with E-state index in [0.717, 1.165) is 17.8 Å². The van der Waals surface area contributed by atoms with Crippen molar-refractivity contribution >= 4 is 11.6 Å². The van der Waals surface area contributed by atoms with Gasteiger partial charge in [-0.1, -0.05) is 0 Å². The minimum atomic E-state index is -4.82. The lowest BCUT2D eigenvalue weighted by Gasteiger charge is -2.10. The molecule has 0 fully saturated rings. The first-order valence-corrected chi connectivity index (χ1v) is 8.34. The summed E-state index contributed by atoms with van der Waals surface area (Å²) in [6.45, 7) is 3.38. The number of nitrogens with zero attached hydrogens (tertiary/aromatic N) is 4. The van der Waals surface area contributed by atoms with Crippen LogP contribution in [0.2, 0.25) is 0 Å². The molecule has 2 heterocycles. The Labute approximate surface area is 157 Å². The summed E-state index contributed by atoms with van der Waals surface area (Å²) in [6, 6.07) is 5.99. The summed E-state index contributed by atoms with van der Waals surface area (Å²) in [5.41, 5.74) is -0.0241. The number of aromatic nitrogens is 4. The fourth-order valence-electron chi connectivity index (χ4n) is 2.61. The van der Waals surface area contributed by atoms with Crippen molar-refractivity contribution in [3.8, 4) is 5.69 Å². The van der Waals surface area contributed by atoms with Crippen LogP contribution in [0.25, 0.3) is 5.69 Å². The van der Waals surface area contributed by atoms with Gasteiger partial charge in [-0.15, -0.1) is 5.10 Å². The quantitative estimate of drug-likeness (QED) is 0.643. The van der Waals surface area contributed by atoms with E-state index in [1.807, 2.05) is 0 Å². The van der Waals surface area contributed by atoms with Gasteiger partial charge in [0.05, 0.1) is 17.4 Å². The fourth-order valence-corrected chi connectivity index (χ4v) is 2.61. The molecule has 0 aliphatic carbocycles. The summed E-state index contributed by atoms with van der Waals surface area (Å²) >= 11 is 0. The van der Waals surface area contributed by atoms with Crippen LogP contribution in [0, 0.1) is 12.7 Å². The lowest BCUT2D eigenvalue weighted by atomic mass is 10.2. The standard InChI is InChI=1S/C18H17F4N5O/c1-10-7-13(5-6-23-10)27-16(8-11(2)28)25-17(26-27)24-12-3-4-15(19)14(9-12)18(20,21)22/h3-7,9,11,28H,8H2,1-2H3,(H,24,26). The van der Waals surface area contributed by atoms with Gasteiger partial charge < -0.3 is 10.4 Å². The molecule has 0 spiro atoms. The van der Waals surface area contributed by atoms with Gasteiger partial charge in [-0.2, -0.15) is 18.2 Å². The average molecular weight is 395 g/mol. The summed E-state index contributed by atoms with van der Waals surface area (Å²) in [5.74, 6) is -0.940. The van der Waals surface area contributed by atoms with Crippen molar-refractivity contribution in [2.24, 2.45) is 0 Å². The van der Waals surface area contributed by atoms with E-state index in [-0.39, 0.29) is 18.1 Å². The molecule has 0 aliphatic heterocycles. The molecule has 0 saturated heterocycles. The van der Waals surface area contributed by atoms with E-state index in [2.05, 4.69) is 20.4 Å². The van der Waals surface area contributed by atoms with E-state index in [9.17, 15) is 22.7 Å². The molecule has 3 aromatic rings. The molecule has 0 amide bonds. The lowest BCUT2D eigenvalue weighted by Crippen LogP contribution is -2.11. The first-order chi connectivity index (χ1) is 13.1. The topological polar surface area (TPSA) is 75.9 Å². The molecule has 10 heteroatoms. The number of hydrogen-bond acceptors (Lipinski definition) is 5. The number of hydrogen-bond donors (Lipinski definition) is 2. The van der Waals surface area contributed by atoms with Crippen molar-refractivity contribution in [1.82, 2.24) is 19.7 Å². The van der Waals surface area contributed by atoms with Gasteiger partial charge in [0.15, 0.2) is 0 Å². The van der Waals surface area contributed by atoms with E-state index in [4.69, 9.17) is 0 Å². The molecule has 6 nitrogen and oxygen atoms in total. The maximum absolute atomic E-state index is 13.5. The number of anilines is 2. The molecule has 0 aliphatic rings. The third kappa shape index (κ3) is 4.45. The van der Waals surface area contributed by atoms with E-state index in [0.29, 0.717) is 17.6 Å². The second-order valence-electron chi connectivity index (χ2n) is 6.29. The average Bonchev–Trinajstić information content (AvgIpc) is 2.97. The molecule has 1 unspecified atom stereocenters. The van der Waals surface area contributed by atoms with Crippen LogP contribution >= 0.6 is 0 Å². The minimum Gasteiger partial charge on any atom is -0.393 e. The van der Waals surface area contributed by atoms with Crippen LogP contribution in [-0.4, -0.2) is 31.0 Å². The summed E-state index contributed by atoms with van der Waals surface area (Å²) in [7, 11) is 0.